The van der Waals surface area contributed by atoms with Crippen LogP contribution in [-0.4, -0.2) is 5.97 Å². The lowest BCUT2D eigenvalue weighted by Crippen LogP contribution is -1.91. The molecule has 0 unspecified atom stereocenters. The summed E-state index contributed by atoms with van der Waals surface area (Å²) in [7, 11) is 0. The fourth-order valence-electron chi connectivity index (χ4n) is 0.792. The molecule has 0 aliphatic heterocycles. The zero-order chi connectivity index (χ0) is 12.9. The van der Waals surface area contributed by atoms with Crippen LogP contribution < -0.4 is 0 Å². The Morgan fingerprint density at radius 3 is 2.35 bits per heavy atom. The molecule has 0 heterocycles. The molecule has 0 atom stereocenters. The van der Waals surface area contributed by atoms with E-state index in [4.69, 9.17) is 5.26 Å². The molecule has 0 amide bonds. The lowest BCUT2D eigenvalue weighted by molar-refractivity contribution is -0.132. The van der Waals surface area contributed by atoms with Gasteiger partial charge in [0, 0.05) is 12.2 Å². The molecule has 3 nitrogen and oxygen atoms in total. The minimum atomic E-state index is -0.452. The van der Waals surface area contributed by atoms with E-state index in [2.05, 4.69) is 17.9 Å². The molecule has 0 saturated carbocycles. The molecule has 1 aromatic rings. The van der Waals surface area contributed by atoms with Gasteiger partial charge in [-0.25, -0.2) is 4.79 Å². The van der Waals surface area contributed by atoms with Crippen molar-refractivity contribution in [2.24, 2.45) is 0 Å². The highest BCUT2D eigenvalue weighted by atomic mass is 16.5. The number of nitrogens with zero attached hydrogens (tertiary/aromatic N) is 1. The predicted molar refractivity (Wildman–Crippen MR) is 67.6 cm³/mol. The van der Waals surface area contributed by atoms with Crippen LogP contribution in [0.3, 0.4) is 0 Å². The molecule has 0 aliphatic carbocycles. The SMILES string of the molecule is C=CC#N.C=CC(=O)OC=Cc1ccccc1. The quantitative estimate of drug-likeness (QED) is 0.345. The molecule has 0 radical (unpaired) electrons. The van der Waals surface area contributed by atoms with Crippen molar-refractivity contribution in [1.82, 2.24) is 0 Å². The molecule has 0 N–H and O–H groups in total. The van der Waals surface area contributed by atoms with Crippen LogP contribution in [0, 0.1) is 11.3 Å². The van der Waals surface area contributed by atoms with Crippen LogP contribution in [0.15, 0.2) is 61.9 Å². The van der Waals surface area contributed by atoms with Gasteiger partial charge in [-0.15, -0.1) is 0 Å². The van der Waals surface area contributed by atoms with Crippen molar-refractivity contribution in [2.45, 2.75) is 0 Å². The fraction of sp³-hybridized carbons (Fsp3) is 0. The molecule has 0 aliphatic rings. The summed E-state index contributed by atoms with van der Waals surface area (Å²) in [6.07, 6.45) is 5.36. The van der Waals surface area contributed by atoms with Crippen molar-refractivity contribution in [3.05, 3.63) is 67.5 Å². The number of carbonyl (C=O) groups is 1. The van der Waals surface area contributed by atoms with Crippen molar-refractivity contribution in [3.8, 4) is 6.07 Å². The molecule has 0 fully saturated rings. The first kappa shape index (κ1) is 14.4. The van der Waals surface area contributed by atoms with E-state index in [1.54, 1.807) is 12.1 Å². The van der Waals surface area contributed by atoms with Gasteiger partial charge in [-0.3, -0.25) is 0 Å². The van der Waals surface area contributed by atoms with Crippen molar-refractivity contribution in [2.75, 3.05) is 0 Å². The second-order valence-corrected chi connectivity index (χ2v) is 2.69. The van der Waals surface area contributed by atoms with Gasteiger partial charge in [0.15, 0.2) is 0 Å². The van der Waals surface area contributed by atoms with Gasteiger partial charge in [-0.1, -0.05) is 43.5 Å². The number of carbonyl (C=O) groups excluding carboxylic acids is 1. The van der Waals surface area contributed by atoms with Gasteiger partial charge < -0.3 is 4.74 Å². The van der Waals surface area contributed by atoms with Crippen molar-refractivity contribution < 1.29 is 9.53 Å². The number of hydrogen-bond donors (Lipinski definition) is 0. The average molecular weight is 227 g/mol. The van der Waals surface area contributed by atoms with Gasteiger partial charge >= 0.3 is 5.97 Å². The molecule has 0 bridgehead atoms. The first-order valence-electron chi connectivity index (χ1n) is 4.79. The minimum Gasteiger partial charge on any atom is -0.431 e. The maximum atomic E-state index is 10.6. The number of nitriles is 1. The zero-order valence-corrected chi connectivity index (χ0v) is 9.37. The third-order valence-corrected chi connectivity index (χ3v) is 1.50. The van der Waals surface area contributed by atoms with Gasteiger partial charge in [-0.05, 0) is 11.6 Å². The first-order chi connectivity index (χ1) is 8.24. The summed E-state index contributed by atoms with van der Waals surface area (Å²) in [6.45, 7) is 6.40. The van der Waals surface area contributed by atoms with Crippen LogP contribution in [0.1, 0.15) is 5.56 Å². The van der Waals surface area contributed by atoms with Gasteiger partial charge in [0.25, 0.3) is 0 Å². The molecule has 1 rings (SSSR count). The monoisotopic (exact) mass is 227 g/mol. The summed E-state index contributed by atoms with van der Waals surface area (Å²) in [4.78, 5) is 10.6. The maximum Gasteiger partial charge on any atom is 0.334 e. The van der Waals surface area contributed by atoms with E-state index < -0.39 is 5.97 Å². The number of rotatable bonds is 3. The van der Waals surface area contributed by atoms with Crippen LogP contribution in [0.5, 0.6) is 0 Å². The van der Waals surface area contributed by atoms with E-state index in [0.29, 0.717) is 0 Å². The standard InChI is InChI=1S/C11H10O2.C3H3N/c1-2-11(12)13-9-8-10-6-4-3-5-7-10;1-2-3-4/h2-9H,1H2;2H,1H2. The van der Waals surface area contributed by atoms with Crippen LogP contribution in [0.2, 0.25) is 0 Å². The highest BCUT2D eigenvalue weighted by Gasteiger charge is 1.88. The van der Waals surface area contributed by atoms with Crippen LogP contribution in [-0.2, 0) is 9.53 Å². The van der Waals surface area contributed by atoms with E-state index in [-0.39, 0.29) is 0 Å². The Labute approximate surface area is 101 Å². The number of hydrogen-bond acceptors (Lipinski definition) is 3. The molecule has 86 valence electrons. The Morgan fingerprint density at radius 2 is 1.88 bits per heavy atom. The van der Waals surface area contributed by atoms with Crippen LogP contribution in [0.4, 0.5) is 0 Å². The lowest BCUT2D eigenvalue weighted by Gasteiger charge is -1.92. The highest BCUT2D eigenvalue weighted by molar-refractivity contribution is 5.82. The van der Waals surface area contributed by atoms with E-state index in [1.165, 1.54) is 12.3 Å². The summed E-state index contributed by atoms with van der Waals surface area (Å²) >= 11 is 0. The van der Waals surface area contributed by atoms with Crippen molar-refractivity contribution in [1.29, 1.82) is 5.26 Å². The average Bonchev–Trinajstić information content (AvgIpc) is 2.40. The molecule has 0 aromatic heterocycles. The van der Waals surface area contributed by atoms with Gasteiger partial charge in [0.05, 0.1) is 12.3 Å². The van der Waals surface area contributed by atoms with E-state index in [0.717, 1.165) is 11.6 Å². The molecular formula is C14H13NO2. The third kappa shape index (κ3) is 8.40. The maximum absolute atomic E-state index is 10.6. The normalized spacial score (nSPS) is 8.41. The Balaban J connectivity index is 0.000000557. The second-order valence-electron chi connectivity index (χ2n) is 2.69. The lowest BCUT2D eigenvalue weighted by atomic mass is 10.2. The van der Waals surface area contributed by atoms with E-state index in [1.807, 2.05) is 30.3 Å². The Kier molecular flexibility index (Phi) is 8.42. The summed E-state index contributed by atoms with van der Waals surface area (Å²) < 4.78 is 4.66. The van der Waals surface area contributed by atoms with Crippen LogP contribution in [0.25, 0.3) is 6.08 Å². The number of benzene rings is 1. The topological polar surface area (TPSA) is 50.1 Å². The van der Waals surface area contributed by atoms with Crippen LogP contribution >= 0.6 is 0 Å². The predicted octanol–water partition coefficient (Wildman–Crippen LogP) is 3.08. The molecule has 17 heavy (non-hydrogen) atoms. The van der Waals surface area contributed by atoms with Crippen molar-refractivity contribution >= 4 is 12.0 Å². The zero-order valence-electron chi connectivity index (χ0n) is 9.37. The fourth-order valence-corrected chi connectivity index (χ4v) is 0.792. The summed E-state index contributed by atoms with van der Waals surface area (Å²) in [5.74, 6) is -0.452. The second kappa shape index (κ2) is 9.94. The molecule has 1 aromatic carbocycles. The minimum absolute atomic E-state index is 0.452. The van der Waals surface area contributed by atoms with Crippen molar-refractivity contribution in [3.63, 3.8) is 0 Å². The number of esters is 1. The van der Waals surface area contributed by atoms with Gasteiger partial charge in [0.2, 0.25) is 0 Å². The largest absolute Gasteiger partial charge is 0.431 e. The highest BCUT2D eigenvalue weighted by Crippen LogP contribution is 2.00. The molecule has 0 saturated heterocycles. The van der Waals surface area contributed by atoms with E-state index >= 15 is 0 Å². The first-order valence-corrected chi connectivity index (χ1v) is 4.79. The molecular weight excluding hydrogens is 214 g/mol. The van der Waals surface area contributed by atoms with Gasteiger partial charge in [-0.2, -0.15) is 5.26 Å². The Morgan fingerprint density at radius 1 is 1.29 bits per heavy atom. The Hall–Kier alpha value is -2.60. The summed E-state index contributed by atoms with van der Waals surface area (Å²) in [6, 6.07) is 11.3. The van der Waals surface area contributed by atoms with E-state index in [9.17, 15) is 4.79 Å². The molecule has 3 heteroatoms. The summed E-state index contributed by atoms with van der Waals surface area (Å²) in [5, 5.41) is 7.51. The van der Waals surface area contributed by atoms with Gasteiger partial charge in [0.1, 0.15) is 0 Å². The molecule has 0 spiro atoms. The number of ether oxygens (including phenoxy) is 1. The Bertz CT molecular complexity index is 427. The smallest absolute Gasteiger partial charge is 0.334 e. The third-order valence-electron chi connectivity index (χ3n) is 1.50. The summed E-state index contributed by atoms with van der Waals surface area (Å²) in [5.41, 5.74) is 0.986. The number of allylic oxidation sites excluding steroid dienone is 1.